The molecule has 1 aliphatic rings. The molecular formula is C12H15BrN2O3. The Balaban J connectivity index is 2.04. The number of benzene rings is 1. The second-order valence-electron chi connectivity index (χ2n) is 4.20. The number of amides is 2. The number of anilines is 1. The van der Waals surface area contributed by atoms with Gasteiger partial charge in [-0.1, -0.05) is 15.9 Å². The number of β-amino-alcohol motifs (C(OH)–C–C–N with tert-alkyl or cyclic N) is 1. The van der Waals surface area contributed by atoms with E-state index >= 15 is 0 Å². The molecule has 6 heteroatoms. The van der Waals surface area contributed by atoms with Crippen molar-refractivity contribution in [2.45, 2.75) is 12.5 Å². The zero-order valence-corrected chi connectivity index (χ0v) is 11.6. The van der Waals surface area contributed by atoms with E-state index in [1.165, 1.54) is 0 Å². The van der Waals surface area contributed by atoms with Crippen molar-refractivity contribution in [3.05, 3.63) is 22.7 Å². The summed E-state index contributed by atoms with van der Waals surface area (Å²) in [5.41, 5.74) is 0.660. The van der Waals surface area contributed by atoms with Crippen LogP contribution >= 0.6 is 15.9 Å². The van der Waals surface area contributed by atoms with Crippen LogP contribution in [0.2, 0.25) is 0 Å². The molecule has 0 radical (unpaired) electrons. The first-order chi connectivity index (χ1) is 8.58. The van der Waals surface area contributed by atoms with E-state index < -0.39 is 6.10 Å². The number of ether oxygens (including phenoxy) is 1. The highest BCUT2D eigenvalue weighted by Crippen LogP contribution is 2.25. The van der Waals surface area contributed by atoms with E-state index in [0.717, 1.165) is 4.47 Å². The van der Waals surface area contributed by atoms with E-state index in [0.29, 0.717) is 30.9 Å². The maximum absolute atomic E-state index is 11.9. The number of aliphatic hydroxyl groups excluding tert-OH is 1. The summed E-state index contributed by atoms with van der Waals surface area (Å²) in [5.74, 6) is 0.668. The van der Waals surface area contributed by atoms with E-state index in [-0.39, 0.29) is 6.03 Å². The van der Waals surface area contributed by atoms with E-state index in [2.05, 4.69) is 21.2 Å². The van der Waals surface area contributed by atoms with Crippen molar-refractivity contribution in [2.24, 2.45) is 0 Å². The van der Waals surface area contributed by atoms with Crippen LogP contribution in [0.5, 0.6) is 5.75 Å². The molecule has 1 atom stereocenters. The van der Waals surface area contributed by atoms with Crippen LogP contribution in [0, 0.1) is 0 Å². The summed E-state index contributed by atoms with van der Waals surface area (Å²) in [7, 11) is 1.57. The highest BCUT2D eigenvalue weighted by Gasteiger charge is 2.24. The summed E-state index contributed by atoms with van der Waals surface area (Å²) >= 11 is 3.35. The van der Waals surface area contributed by atoms with Crippen molar-refractivity contribution in [1.82, 2.24) is 4.90 Å². The van der Waals surface area contributed by atoms with Crippen LogP contribution in [-0.2, 0) is 0 Å². The second kappa shape index (κ2) is 5.58. The molecule has 98 valence electrons. The van der Waals surface area contributed by atoms with Gasteiger partial charge in [-0.15, -0.1) is 0 Å². The van der Waals surface area contributed by atoms with E-state index in [4.69, 9.17) is 4.74 Å². The Labute approximate surface area is 114 Å². The van der Waals surface area contributed by atoms with Gasteiger partial charge in [0.25, 0.3) is 0 Å². The standard InChI is InChI=1S/C12H15BrN2O3/c1-18-11-5-8(13)4-9(6-11)14-12(17)15-3-2-10(16)7-15/h4-6,10,16H,2-3,7H2,1H3,(H,14,17)/t10-/m0/s1. The van der Waals surface area contributed by atoms with Gasteiger partial charge in [0.1, 0.15) is 5.75 Å². The Bertz CT molecular complexity index is 453. The monoisotopic (exact) mass is 314 g/mol. The minimum absolute atomic E-state index is 0.202. The van der Waals surface area contributed by atoms with Gasteiger partial charge < -0.3 is 20.1 Å². The molecule has 0 saturated carbocycles. The summed E-state index contributed by atoms with van der Waals surface area (Å²) in [6, 6.07) is 5.16. The third kappa shape index (κ3) is 3.14. The van der Waals surface area contributed by atoms with Gasteiger partial charge in [-0.3, -0.25) is 0 Å². The number of hydrogen-bond donors (Lipinski definition) is 2. The van der Waals surface area contributed by atoms with Crippen LogP contribution in [0.1, 0.15) is 6.42 Å². The quantitative estimate of drug-likeness (QED) is 0.878. The maximum Gasteiger partial charge on any atom is 0.321 e. The van der Waals surface area contributed by atoms with E-state index in [9.17, 15) is 9.90 Å². The summed E-state index contributed by atoms with van der Waals surface area (Å²) in [6.45, 7) is 0.967. The van der Waals surface area contributed by atoms with Crippen LogP contribution < -0.4 is 10.1 Å². The normalized spacial score (nSPS) is 18.8. The summed E-state index contributed by atoms with van der Waals surface area (Å²) in [5, 5.41) is 12.2. The third-order valence-electron chi connectivity index (χ3n) is 2.81. The van der Waals surface area contributed by atoms with Gasteiger partial charge in [0.2, 0.25) is 0 Å². The Morgan fingerprint density at radius 3 is 2.94 bits per heavy atom. The molecule has 1 fully saturated rings. The van der Waals surface area contributed by atoms with Crippen LogP contribution in [0.15, 0.2) is 22.7 Å². The van der Waals surface area contributed by atoms with Crippen molar-refractivity contribution in [1.29, 1.82) is 0 Å². The SMILES string of the molecule is COc1cc(Br)cc(NC(=O)N2CC[C@H](O)C2)c1. The predicted molar refractivity (Wildman–Crippen MR) is 71.9 cm³/mol. The summed E-state index contributed by atoms with van der Waals surface area (Å²) in [6.07, 6.45) is 0.225. The molecule has 1 aromatic rings. The highest BCUT2D eigenvalue weighted by molar-refractivity contribution is 9.10. The predicted octanol–water partition coefficient (Wildman–Crippen LogP) is 2.06. The second-order valence-corrected chi connectivity index (χ2v) is 5.11. The number of nitrogens with zero attached hydrogens (tertiary/aromatic N) is 1. The molecule has 5 nitrogen and oxygen atoms in total. The number of aliphatic hydroxyl groups is 1. The lowest BCUT2D eigenvalue weighted by Crippen LogP contribution is -2.33. The Hall–Kier alpha value is -1.27. The topological polar surface area (TPSA) is 61.8 Å². The molecule has 0 spiro atoms. The van der Waals surface area contributed by atoms with Gasteiger partial charge in [-0.05, 0) is 18.6 Å². The molecule has 1 saturated heterocycles. The van der Waals surface area contributed by atoms with Gasteiger partial charge in [0.15, 0.2) is 0 Å². The van der Waals surface area contributed by atoms with E-state index in [1.54, 1.807) is 24.1 Å². The number of carbonyl (C=O) groups excluding carboxylic acids is 1. The lowest BCUT2D eigenvalue weighted by Gasteiger charge is -2.17. The van der Waals surface area contributed by atoms with E-state index in [1.807, 2.05) is 6.07 Å². The van der Waals surface area contributed by atoms with Gasteiger partial charge in [-0.25, -0.2) is 4.79 Å². The number of rotatable bonds is 2. The fourth-order valence-corrected chi connectivity index (χ4v) is 2.35. The first kappa shape index (κ1) is 13.2. The number of likely N-dealkylation sites (tertiary alicyclic amines) is 1. The highest BCUT2D eigenvalue weighted by atomic mass is 79.9. The maximum atomic E-state index is 11.9. The minimum atomic E-state index is -0.409. The van der Waals surface area contributed by atoms with Crippen LogP contribution in [0.25, 0.3) is 0 Å². The van der Waals surface area contributed by atoms with Gasteiger partial charge in [0, 0.05) is 29.3 Å². The fraction of sp³-hybridized carbons (Fsp3) is 0.417. The molecule has 0 unspecified atom stereocenters. The third-order valence-corrected chi connectivity index (χ3v) is 3.27. The average Bonchev–Trinajstić information content (AvgIpc) is 2.75. The van der Waals surface area contributed by atoms with Crippen molar-refractivity contribution in [2.75, 3.05) is 25.5 Å². The Morgan fingerprint density at radius 2 is 2.33 bits per heavy atom. The Morgan fingerprint density at radius 1 is 1.56 bits per heavy atom. The molecule has 1 heterocycles. The van der Waals surface area contributed by atoms with Crippen molar-refractivity contribution >= 4 is 27.6 Å². The first-order valence-electron chi connectivity index (χ1n) is 5.67. The molecule has 0 aromatic heterocycles. The van der Waals surface area contributed by atoms with Crippen LogP contribution in [0.4, 0.5) is 10.5 Å². The van der Waals surface area contributed by atoms with Crippen molar-refractivity contribution < 1.29 is 14.6 Å². The minimum Gasteiger partial charge on any atom is -0.497 e. The number of methoxy groups -OCH3 is 1. The zero-order valence-electron chi connectivity index (χ0n) is 10.0. The van der Waals surface area contributed by atoms with Crippen LogP contribution in [0.3, 0.4) is 0 Å². The number of urea groups is 1. The van der Waals surface area contributed by atoms with Crippen molar-refractivity contribution in [3.8, 4) is 5.75 Å². The lowest BCUT2D eigenvalue weighted by molar-refractivity contribution is 0.176. The van der Waals surface area contributed by atoms with Gasteiger partial charge in [-0.2, -0.15) is 0 Å². The molecule has 2 rings (SSSR count). The molecule has 1 aromatic carbocycles. The number of nitrogens with one attached hydrogen (secondary N) is 1. The zero-order chi connectivity index (χ0) is 13.1. The largest absolute Gasteiger partial charge is 0.497 e. The smallest absolute Gasteiger partial charge is 0.321 e. The average molecular weight is 315 g/mol. The lowest BCUT2D eigenvalue weighted by atomic mass is 10.3. The molecule has 1 aliphatic heterocycles. The Kier molecular flexibility index (Phi) is 4.08. The number of hydrogen-bond acceptors (Lipinski definition) is 3. The molecule has 2 amide bonds. The fourth-order valence-electron chi connectivity index (χ4n) is 1.88. The summed E-state index contributed by atoms with van der Waals surface area (Å²) in [4.78, 5) is 13.5. The number of halogens is 1. The molecular weight excluding hydrogens is 300 g/mol. The number of carbonyl (C=O) groups is 1. The molecule has 0 aliphatic carbocycles. The first-order valence-corrected chi connectivity index (χ1v) is 6.46. The van der Waals surface area contributed by atoms with Gasteiger partial charge in [0.05, 0.1) is 13.2 Å². The molecule has 2 N–H and O–H groups in total. The molecule has 0 bridgehead atoms. The van der Waals surface area contributed by atoms with Crippen LogP contribution in [-0.4, -0.2) is 42.3 Å². The van der Waals surface area contributed by atoms with Gasteiger partial charge >= 0.3 is 6.03 Å². The molecule has 18 heavy (non-hydrogen) atoms. The van der Waals surface area contributed by atoms with Crippen molar-refractivity contribution in [3.63, 3.8) is 0 Å². The summed E-state index contributed by atoms with van der Waals surface area (Å²) < 4.78 is 5.96.